The summed E-state index contributed by atoms with van der Waals surface area (Å²) in [6, 6.07) is 7.26. The van der Waals surface area contributed by atoms with Crippen molar-refractivity contribution in [1.29, 1.82) is 0 Å². The summed E-state index contributed by atoms with van der Waals surface area (Å²) in [5, 5.41) is 7.23. The van der Waals surface area contributed by atoms with E-state index in [-0.39, 0.29) is 0 Å². The molecule has 0 saturated carbocycles. The Labute approximate surface area is 130 Å². The summed E-state index contributed by atoms with van der Waals surface area (Å²) in [7, 11) is 1.69. The zero-order valence-electron chi connectivity index (χ0n) is 12.4. The Morgan fingerprint density at radius 2 is 2.25 bits per heavy atom. The fraction of sp³-hybridized carbons (Fsp3) is 0.625. The molecule has 2 rings (SSSR count). The first kappa shape index (κ1) is 15.6. The molecule has 0 bridgehead atoms. The molecule has 3 nitrogen and oxygen atoms in total. The number of halogens is 1. The van der Waals surface area contributed by atoms with Crippen LogP contribution in [-0.2, 0) is 0 Å². The third-order valence-electron chi connectivity index (χ3n) is 3.87. The van der Waals surface area contributed by atoms with E-state index < -0.39 is 0 Å². The molecule has 2 N–H and O–H groups in total. The highest BCUT2D eigenvalue weighted by Gasteiger charge is 2.15. The molecule has 0 amide bonds. The van der Waals surface area contributed by atoms with E-state index in [1.807, 2.05) is 6.07 Å². The van der Waals surface area contributed by atoms with Crippen molar-refractivity contribution in [1.82, 2.24) is 5.32 Å². The van der Waals surface area contributed by atoms with Crippen molar-refractivity contribution in [3.8, 4) is 5.75 Å². The lowest BCUT2D eigenvalue weighted by Gasteiger charge is -2.22. The maximum Gasteiger partial charge on any atom is 0.133 e. The van der Waals surface area contributed by atoms with Crippen LogP contribution < -0.4 is 15.4 Å². The second kappa shape index (κ2) is 7.89. The van der Waals surface area contributed by atoms with Crippen LogP contribution >= 0.6 is 15.9 Å². The zero-order chi connectivity index (χ0) is 14.4. The molecular weight excluding hydrogens is 316 g/mol. The zero-order valence-corrected chi connectivity index (χ0v) is 14.0. The Balaban J connectivity index is 1.87. The van der Waals surface area contributed by atoms with Gasteiger partial charge in [0.2, 0.25) is 0 Å². The standard InChI is InChI=1S/C16H25BrN2O/c1-12(10-13-6-4-3-5-9-18-13)19-14-7-8-16(20-2)15(17)11-14/h7-8,11-13,18-19H,3-6,9-10H2,1-2H3. The van der Waals surface area contributed by atoms with Crippen LogP contribution in [0.3, 0.4) is 0 Å². The molecule has 2 atom stereocenters. The average Bonchev–Trinajstić information content (AvgIpc) is 2.67. The van der Waals surface area contributed by atoms with Crippen molar-refractivity contribution in [2.24, 2.45) is 0 Å². The van der Waals surface area contributed by atoms with Crippen LogP contribution in [0, 0.1) is 0 Å². The second-order valence-corrected chi connectivity index (χ2v) is 6.49. The molecule has 0 radical (unpaired) electrons. The first-order chi connectivity index (χ1) is 9.69. The predicted octanol–water partition coefficient (Wildman–Crippen LogP) is 4.18. The van der Waals surface area contributed by atoms with Gasteiger partial charge < -0.3 is 15.4 Å². The molecule has 1 aromatic rings. The van der Waals surface area contributed by atoms with Gasteiger partial charge in [-0.1, -0.05) is 12.8 Å². The van der Waals surface area contributed by atoms with E-state index in [2.05, 4.69) is 45.6 Å². The summed E-state index contributed by atoms with van der Waals surface area (Å²) in [4.78, 5) is 0. The fourth-order valence-electron chi connectivity index (χ4n) is 2.83. The summed E-state index contributed by atoms with van der Waals surface area (Å²) >= 11 is 3.53. The number of benzene rings is 1. The molecule has 1 aliphatic rings. The number of hydrogen-bond donors (Lipinski definition) is 2. The highest BCUT2D eigenvalue weighted by molar-refractivity contribution is 9.10. The number of hydrogen-bond acceptors (Lipinski definition) is 3. The van der Waals surface area contributed by atoms with E-state index in [4.69, 9.17) is 4.74 Å². The molecule has 4 heteroatoms. The van der Waals surface area contributed by atoms with Crippen molar-refractivity contribution in [2.75, 3.05) is 19.0 Å². The molecular formula is C16H25BrN2O. The van der Waals surface area contributed by atoms with Crippen molar-refractivity contribution in [3.63, 3.8) is 0 Å². The average molecular weight is 341 g/mol. The van der Waals surface area contributed by atoms with E-state index >= 15 is 0 Å². The number of rotatable bonds is 5. The fourth-order valence-corrected chi connectivity index (χ4v) is 3.37. The normalized spacial score (nSPS) is 21.1. The second-order valence-electron chi connectivity index (χ2n) is 5.63. The van der Waals surface area contributed by atoms with Gasteiger partial charge >= 0.3 is 0 Å². The van der Waals surface area contributed by atoms with Crippen LogP contribution in [-0.4, -0.2) is 25.7 Å². The summed E-state index contributed by atoms with van der Waals surface area (Å²) in [6.07, 6.45) is 6.53. The van der Waals surface area contributed by atoms with E-state index in [1.165, 1.54) is 38.6 Å². The molecule has 20 heavy (non-hydrogen) atoms. The minimum atomic E-state index is 0.464. The summed E-state index contributed by atoms with van der Waals surface area (Å²) in [5.41, 5.74) is 1.14. The van der Waals surface area contributed by atoms with Gasteiger partial charge in [0, 0.05) is 17.8 Å². The minimum absolute atomic E-state index is 0.464. The van der Waals surface area contributed by atoms with Crippen molar-refractivity contribution in [2.45, 2.75) is 51.1 Å². The van der Waals surface area contributed by atoms with Gasteiger partial charge in [0.15, 0.2) is 0 Å². The third-order valence-corrected chi connectivity index (χ3v) is 4.49. The highest BCUT2D eigenvalue weighted by atomic mass is 79.9. The lowest BCUT2D eigenvalue weighted by atomic mass is 10.0. The van der Waals surface area contributed by atoms with Gasteiger partial charge in [0.05, 0.1) is 11.6 Å². The largest absolute Gasteiger partial charge is 0.496 e. The Morgan fingerprint density at radius 1 is 1.40 bits per heavy atom. The van der Waals surface area contributed by atoms with Gasteiger partial charge in [-0.2, -0.15) is 0 Å². The minimum Gasteiger partial charge on any atom is -0.496 e. The van der Waals surface area contributed by atoms with E-state index in [0.29, 0.717) is 12.1 Å². The van der Waals surface area contributed by atoms with E-state index in [9.17, 15) is 0 Å². The van der Waals surface area contributed by atoms with Crippen molar-refractivity contribution < 1.29 is 4.74 Å². The molecule has 1 saturated heterocycles. The van der Waals surface area contributed by atoms with Gasteiger partial charge in [-0.25, -0.2) is 0 Å². The molecule has 0 aliphatic carbocycles. The Bertz CT molecular complexity index is 417. The SMILES string of the molecule is COc1ccc(NC(C)CC2CCCCCN2)cc1Br. The first-order valence-corrected chi connectivity index (χ1v) is 8.32. The van der Waals surface area contributed by atoms with Crippen LogP contribution in [0.1, 0.15) is 39.0 Å². The lowest BCUT2D eigenvalue weighted by Crippen LogP contribution is -2.33. The van der Waals surface area contributed by atoms with Crippen molar-refractivity contribution in [3.05, 3.63) is 22.7 Å². The van der Waals surface area contributed by atoms with Crippen molar-refractivity contribution >= 4 is 21.6 Å². The quantitative estimate of drug-likeness (QED) is 0.843. The summed E-state index contributed by atoms with van der Waals surface area (Å²) in [5.74, 6) is 0.869. The Morgan fingerprint density at radius 3 is 3.00 bits per heavy atom. The van der Waals surface area contributed by atoms with Gasteiger partial charge in [-0.05, 0) is 66.9 Å². The van der Waals surface area contributed by atoms with Gasteiger partial charge in [-0.3, -0.25) is 0 Å². The topological polar surface area (TPSA) is 33.3 Å². The highest BCUT2D eigenvalue weighted by Crippen LogP contribution is 2.28. The monoisotopic (exact) mass is 340 g/mol. The maximum atomic E-state index is 5.26. The summed E-state index contributed by atoms with van der Waals surface area (Å²) in [6.45, 7) is 3.43. The first-order valence-electron chi connectivity index (χ1n) is 7.52. The molecule has 1 aromatic carbocycles. The third kappa shape index (κ3) is 4.67. The lowest BCUT2D eigenvalue weighted by molar-refractivity contribution is 0.412. The molecule has 0 aromatic heterocycles. The smallest absolute Gasteiger partial charge is 0.133 e. The number of ether oxygens (including phenoxy) is 1. The van der Waals surface area contributed by atoms with Gasteiger partial charge in [0.1, 0.15) is 5.75 Å². The van der Waals surface area contributed by atoms with Crippen LogP contribution in [0.2, 0.25) is 0 Å². The van der Waals surface area contributed by atoms with Crippen LogP contribution in [0.15, 0.2) is 22.7 Å². The number of methoxy groups -OCH3 is 1. The predicted molar refractivity (Wildman–Crippen MR) is 88.7 cm³/mol. The molecule has 1 aliphatic heterocycles. The van der Waals surface area contributed by atoms with E-state index in [1.54, 1.807) is 7.11 Å². The van der Waals surface area contributed by atoms with Crippen LogP contribution in [0.25, 0.3) is 0 Å². The van der Waals surface area contributed by atoms with Crippen LogP contribution in [0.5, 0.6) is 5.75 Å². The molecule has 0 spiro atoms. The Hall–Kier alpha value is -0.740. The van der Waals surface area contributed by atoms with Gasteiger partial charge in [0.25, 0.3) is 0 Å². The molecule has 112 valence electrons. The molecule has 2 unspecified atom stereocenters. The van der Waals surface area contributed by atoms with Crippen LogP contribution in [0.4, 0.5) is 5.69 Å². The van der Waals surface area contributed by atoms with E-state index in [0.717, 1.165) is 15.9 Å². The Kier molecular flexibility index (Phi) is 6.17. The summed E-state index contributed by atoms with van der Waals surface area (Å²) < 4.78 is 6.25. The number of nitrogens with one attached hydrogen (secondary N) is 2. The number of anilines is 1. The molecule has 1 fully saturated rings. The molecule has 1 heterocycles. The maximum absolute atomic E-state index is 5.26. The van der Waals surface area contributed by atoms with Gasteiger partial charge in [-0.15, -0.1) is 0 Å².